The molecule has 0 aromatic rings. The minimum Gasteiger partial charge on any atom is -0.458 e. The number of carbonyl (C=O) groups excluding carboxylic acids is 2. The van der Waals surface area contributed by atoms with Crippen molar-refractivity contribution >= 4 is 11.8 Å². The predicted molar refractivity (Wildman–Crippen MR) is 99.2 cm³/mol. The van der Waals surface area contributed by atoms with Crippen molar-refractivity contribution in [2.45, 2.75) is 77.7 Å². The zero-order valence-corrected chi connectivity index (χ0v) is 16.4. The van der Waals surface area contributed by atoms with Gasteiger partial charge in [-0.15, -0.1) is 0 Å². The molecule has 0 aromatic carbocycles. The fourth-order valence-corrected chi connectivity index (χ4v) is 8.46. The van der Waals surface area contributed by atoms with Crippen LogP contribution in [0.3, 0.4) is 0 Å². The maximum absolute atomic E-state index is 12.1. The summed E-state index contributed by atoms with van der Waals surface area (Å²) >= 11 is 0. The van der Waals surface area contributed by atoms with Crippen LogP contribution in [0.15, 0.2) is 11.6 Å². The van der Waals surface area contributed by atoms with Crippen LogP contribution in [0.5, 0.6) is 0 Å². The van der Waals surface area contributed by atoms with Gasteiger partial charge in [0.25, 0.3) is 0 Å². The van der Waals surface area contributed by atoms with Gasteiger partial charge < -0.3 is 4.74 Å². The second-order valence-electron chi connectivity index (χ2n) is 10.2. The van der Waals surface area contributed by atoms with Crippen LogP contribution in [-0.4, -0.2) is 17.4 Å². The molecule has 5 rings (SSSR count). The van der Waals surface area contributed by atoms with E-state index in [0.717, 1.165) is 37.5 Å². The maximum Gasteiger partial charge on any atom is 0.306 e. The Bertz CT molecular complexity index is 694. The number of ketones is 1. The van der Waals surface area contributed by atoms with E-state index in [1.807, 2.05) is 6.08 Å². The molecule has 4 aliphatic carbocycles. The summed E-state index contributed by atoms with van der Waals surface area (Å²) in [6, 6.07) is 0. The van der Waals surface area contributed by atoms with E-state index in [0.29, 0.717) is 35.9 Å². The van der Waals surface area contributed by atoms with Crippen LogP contribution in [0.4, 0.5) is 0 Å². The average Bonchev–Trinajstić information content (AvgIpc) is 3.09. The molecule has 8 atom stereocenters. The second-order valence-corrected chi connectivity index (χ2v) is 10.2. The molecule has 0 bridgehead atoms. The molecule has 142 valence electrons. The van der Waals surface area contributed by atoms with Crippen molar-refractivity contribution in [2.75, 3.05) is 0 Å². The Morgan fingerprint density at radius 1 is 1.00 bits per heavy atom. The lowest BCUT2D eigenvalue weighted by atomic mass is 9.49. The van der Waals surface area contributed by atoms with E-state index < -0.39 is 0 Å². The minimum atomic E-state index is -0.224. The third kappa shape index (κ3) is 1.95. The van der Waals surface area contributed by atoms with Gasteiger partial charge in [0.15, 0.2) is 5.78 Å². The first-order chi connectivity index (χ1) is 12.4. The van der Waals surface area contributed by atoms with Gasteiger partial charge in [0.2, 0.25) is 0 Å². The molecule has 1 saturated heterocycles. The van der Waals surface area contributed by atoms with Crippen LogP contribution >= 0.6 is 0 Å². The first kappa shape index (κ1) is 17.0. The van der Waals surface area contributed by atoms with Gasteiger partial charge in [-0.3, -0.25) is 9.59 Å². The van der Waals surface area contributed by atoms with Crippen LogP contribution in [0.25, 0.3) is 0 Å². The smallest absolute Gasteiger partial charge is 0.306 e. The van der Waals surface area contributed by atoms with Crippen LogP contribution in [-0.2, 0) is 14.3 Å². The summed E-state index contributed by atoms with van der Waals surface area (Å²) < 4.78 is 6.17. The van der Waals surface area contributed by atoms with Gasteiger partial charge in [-0.1, -0.05) is 26.3 Å². The molecule has 1 aliphatic heterocycles. The topological polar surface area (TPSA) is 43.4 Å². The Balaban J connectivity index is 1.52. The third-order valence-corrected chi connectivity index (χ3v) is 9.61. The third-order valence-electron chi connectivity index (χ3n) is 9.61. The second kappa shape index (κ2) is 5.45. The van der Waals surface area contributed by atoms with Gasteiger partial charge in [0.1, 0.15) is 5.60 Å². The van der Waals surface area contributed by atoms with Crippen LogP contribution in [0.1, 0.15) is 72.1 Å². The highest BCUT2D eigenvalue weighted by Gasteiger charge is 2.71. The molecule has 0 aromatic heterocycles. The zero-order chi connectivity index (χ0) is 18.3. The van der Waals surface area contributed by atoms with Crippen LogP contribution in [0.2, 0.25) is 0 Å². The Kier molecular flexibility index (Phi) is 3.57. The zero-order valence-electron chi connectivity index (χ0n) is 16.4. The number of rotatable bonds is 0. The highest BCUT2D eigenvalue weighted by Crippen LogP contribution is 2.70. The highest BCUT2D eigenvalue weighted by atomic mass is 16.6. The monoisotopic (exact) mass is 356 g/mol. The SMILES string of the molecule is C[C@@H]1C2C3CCC4=CC(=O)CCC4C3CC[C@]2(C)[C@]2(CCC(=O)O2)[C@@H]1C. The molecule has 0 amide bonds. The molecule has 4 unspecified atom stereocenters. The molecule has 3 nitrogen and oxygen atoms in total. The molecule has 0 N–H and O–H groups in total. The first-order valence-corrected chi connectivity index (χ1v) is 10.8. The molecular weight excluding hydrogens is 324 g/mol. The largest absolute Gasteiger partial charge is 0.458 e. The lowest BCUT2D eigenvalue weighted by molar-refractivity contribution is -0.171. The number of hydrogen-bond acceptors (Lipinski definition) is 3. The highest BCUT2D eigenvalue weighted by molar-refractivity contribution is 5.91. The summed E-state index contributed by atoms with van der Waals surface area (Å²) in [5.74, 6) is 4.19. The van der Waals surface area contributed by atoms with Crippen LogP contribution in [0, 0.1) is 40.9 Å². The van der Waals surface area contributed by atoms with Gasteiger partial charge in [-0.25, -0.2) is 0 Å². The van der Waals surface area contributed by atoms with E-state index in [1.54, 1.807) is 0 Å². The molecule has 5 aliphatic rings. The standard InChI is InChI=1S/C23H32O3/c1-13-14(2)23(11-9-20(25)26-23)22(3)10-8-18-17-7-5-16(24)12-15(17)4-6-19(18)21(13)22/h12-14,17-19,21H,4-11H2,1-3H3/t13-,14+,17?,18?,19?,21?,22-,23-/m0/s1. The Hall–Kier alpha value is -1.12. The molecule has 3 heteroatoms. The molecule has 1 spiro atoms. The summed E-state index contributed by atoms with van der Waals surface area (Å²) in [7, 11) is 0. The fraction of sp³-hybridized carbons (Fsp3) is 0.826. The van der Waals surface area contributed by atoms with Crippen molar-refractivity contribution in [1.29, 1.82) is 0 Å². The van der Waals surface area contributed by atoms with Gasteiger partial charge >= 0.3 is 5.97 Å². The number of fused-ring (bicyclic) bond motifs is 6. The number of esters is 1. The Labute approximate surface area is 156 Å². The van der Waals surface area contributed by atoms with E-state index in [-0.39, 0.29) is 17.0 Å². The first-order valence-electron chi connectivity index (χ1n) is 10.8. The van der Waals surface area contributed by atoms with Gasteiger partial charge in [0.05, 0.1) is 0 Å². The molecular formula is C23H32O3. The summed E-state index contributed by atoms with van der Waals surface area (Å²) in [4.78, 5) is 24.0. The summed E-state index contributed by atoms with van der Waals surface area (Å²) in [5, 5.41) is 0. The van der Waals surface area contributed by atoms with Gasteiger partial charge in [-0.2, -0.15) is 0 Å². The van der Waals surface area contributed by atoms with Crippen molar-refractivity contribution < 1.29 is 14.3 Å². The minimum absolute atomic E-state index is 0.0210. The van der Waals surface area contributed by atoms with E-state index in [2.05, 4.69) is 20.8 Å². The average molecular weight is 357 g/mol. The van der Waals surface area contributed by atoms with Crippen LogP contribution < -0.4 is 0 Å². The lowest BCUT2D eigenvalue weighted by Gasteiger charge is -2.56. The quantitative estimate of drug-likeness (QED) is 0.591. The number of hydrogen-bond donors (Lipinski definition) is 0. The molecule has 1 heterocycles. The summed E-state index contributed by atoms with van der Waals surface area (Å²) in [6.07, 6.45) is 10.1. The number of carbonyl (C=O) groups is 2. The molecule has 4 fully saturated rings. The summed E-state index contributed by atoms with van der Waals surface area (Å²) in [6.45, 7) is 7.21. The fourth-order valence-electron chi connectivity index (χ4n) is 8.46. The van der Waals surface area contributed by atoms with Crippen molar-refractivity contribution in [3.8, 4) is 0 Å². The lowest BCUT2D eigenvalue weighted by Crippen LogP contribution is -2.54. The molecule has 0 radical (unpaired) electrons. The summed E-state index contributed by atoms with van der Waals surface area (Å²) in [5.41, 5.74) is 1.36. The number of ether oxygens (including phenoxy) is 1. The Morgan fingerprint density at radius 2 is 1.81 bits per heavy atom. The Morgan fingerprint density at radius 3 is 2.54 bits per heavy atom. The van der Waals surface area contributed by atoms with E-state index in [4.69, 9.17) is 4.74 Å². The maximum atomic E-state index is 12.1. The molecule has 3 saturated carbocycles. The van der Waals surface area contributed by atoms with E-state index in [1.165, 1.54) is 24.8 Å². The van der Waals surface area contributed by atoms with E-state index >= 15 is 0 Å². The normalized spacial score (nSPS) is 53.0. The van der Waals surface area contributed by atoms with Crippen molar-refractivity contribution in [3.63, 3.8) is 0 Å². The van der Waals surface area contributed by atoms with Crippen molar-refractivity contribution in [1.82, 2.24) is 0 Å². The van der Waals surface area contributed by atoms with Crippen molar-refractivity contribution in [2.24, 2.45) is 40.9 Å². The van der Waals surface area contributed by atoms with Gasteiger partial charge in [0, 0.05) is 18.3 Å². The van der Waals surface area contributed by atoms with E-state index in [9.17, 15) is 9.59 Å². The molecule has 26 heavy (non-hydrogen) atoms. The predicted octanol–water partition coefficient (Wildman–Crippen LogP) is 4.70. The number of allylic oxidation sites excluding steroid dienone is 1. The van der Waals surface area contributed by atoms with Crippen molar-refractivity contribution in [3.05, 3.63) is 11.6 Å². The van der Waals surface area contributed by atoms with Gasteiger partial charge in [-0.05, 0) is 80.1 Å².